The van der Waals surface area contributed by atoms with E-state index in [9.17, 15) is 4.79 Å². The zero-order chi connectivity index (χ0) is 10.7. The quantitative estimate of drug-likeness (QED) is 0.706. The number of hydrogen-bond acceptors (Lipinski definition) is 2. The van der Waals surface area contributed by atoms with Crippen molar-refractivity contribution in [2.45, 2.75) is 12.2 Å². The molecule has 1 aliphatic rings. The molecule has 0 bridgehead atoms. The van der Waals surface area contributed by atoms with Crippen molar-refractivity contribution in [3.63, 3.8) is 0 Å². The first-order valence-electron chi connectivity index (χ1n) is 4.90. The molecule has 15 heavy (non-hydrogen) atoms. The van der Waals surface area contributed by atoms with Gasteiger partial charge in [0.1, 0.15) is 6.29 Å². The van der Waals surface area contributed by atoms with E-state index in [2.05, 4.69) is 19.1 Å². The Morgan fingerprint density at radius 3 is 2.53 bits per heavy atom. The lowest BCUT2D eigenvalue weighted by Gasteiger charge is -2.17. The zero-order valence-electron chi connectivity index (χ0n) is 8.51. The van der Waals surface area contributed by atoms with Crippen LogP contribution < -0.4 is 0 Å². The van der Waals surface area contributed by atoms with Gasteiger partial charge in [0.15, 0.2) is 0 Å². The molecule has 1 aromatic carbocycles. The van der Waals surface area contributed by atoms with Crippen LogP contribution in [0.1, 0.15) is 12.5 Å². The summed E-state index contributed by atoms with van der Waals surface area (Å²) in [6.07, 6.45) is 4.87. The molecule has 1 heterocycles. The van der Waals surface area contributed by atoms with Crippen molar-refractivity contribution < 1.29 is 4.79 Å². The first-order valence-corrected chi connectivity index (χ1v) is 5.78. The second kappa shape index (κ2) is 4.49. The smallest absolute Gasteiger partial charge is 0.147 e. The molecule has 0 saturated heterocycles. The van der Waals surface area contributed by atoms with Crippen molar-refractivity contribution in [3.05, 3.63) is 53.6 Å². The van der Waals surface area contributed by atoms with Crippen LogP contribution in [0.5, 0.6) is 0 Å². The van der Waals surface area contributed by atoms with Gasteiger partial charge in [-0.1, -0.05) is 36.4 Å². The highest BCUT2D eigenvalue weighted by Crippen LogP contribution is 2.36. The number of hydrogen-bond donors (Lipinski definition) is 0. The van der Waals surface area contributed by atoms with Crippen LogP contribution in [0.25, 0.3) is 4.91 Å². The molecular formula is C13H12OS. The molecule has 1 atom stereocenters. The topological polar surface area (TPSA) is 17.1 Å². The van der Waals surface area contributed by atoms with Crippen molar-refractivity contribution in [1.82, 2.24) is 0 Å². The Morgan fingerprint density at radius 2 is 1.93 bits per heavy atom. The highest BCUT2D eigenvalue weighted by molar-refractivity contribution is 8.09. The van der Waals surface area contributed by atoms with Crippen LogP contribution in [0.4, 0.5) is 0 Å². The molecule has 1 unspecified atom stereocenters. The molecule has 0 aromatic heterocycles. The summed E-state index contributed by atoms with van der Waals surface area (Å²) in [5, 5.41) is 0.253. The van der Waals surface area contributed by atoms with Crippen LogP contribution >= 0.6 is 11.8 Å². The van der Waals surface area contributed by atoms with Crippen LogP contribution in [-0.4, -0.2) is 11.5 Å². The fourth-order valence-electron chi connectivity index (χ4n) is 1.51. The number of allylic oxidation sites excluding steroid dienone is 2. The van der Waals surface area contributed by atoms with E-state index in [4.69, 9.17) is 0 Å². The SMILES string of the molecule is CC1SC(c2ccccc2)=CC=C1C=O. The Labute approximate surface area is 93.9 Å². The van der Waals surface area contributed by atoms with Gasteiger partial charge in [0.05, 0.1) is 0 Å². The summed E-state index contributed by atoms with van der Waals surface area (Å²) >= 11 is 1.73. The van der Waals surface area contributed by atoms with E-state index >= 15 is 0 Å². The molecule has 2 rings (SSSR count). The highest BCUT2D eigenvalue weighted by atomic mass is 32.2. The number of thioether (sulfide) groups is 1. The number of aldehydes is 1. The molecule has 0 radical (unpaired) electrons. The first-order chi connectivity index (χ1) is 7.31. The number of benzene rings is 1. The number of carbonyl (C=O) groups is 1. The Hall–Kier alpha value is -1.28. The molecule has 0 amide bonds. The molecule has 0 N–H and O–H groups in total. The Morgan fingerprint density at radius 1 is 1.20 bits per heavy atom. The third kappa shape index (κ3) is 2.21. The fraction of sp³-hybridized carbons (Fsp3) is 0.154. The summed E-state index contributed by atoms with van der Waals surface area (Å²) in [6, 6.07) is 10.2. The van der Waals surface area contributed by atoms with Gasteiger partial charge in [0, 0.05) is 15.7 Å². The van der Waals surface area contributed by atoms with Crippen molar-refractivity contribution in [2.75, 3.05) is 0 Å². The molecule has 0 saturated carbocycles. The molecule has 76 valence electrons. The summed E-state index contributed by atoms with van der Waals surface area (Å²) in [5.74, 6) is 0. The monoisotopic (exact) mass is 216 g/mol. The van der Waals surface area contributed by atoms with Crippen LogP contribution in [0.2, 0.25) is 0 Å². The van der Waals surface area contributed by atoms with E-state index < -0.39 is 0 Å². The molecular weight excluding hydrogens is 204 g/mol. The van der Waals surface area contributed by atoms with E-state index in [1.807, 2.05) is 30.4 Å². The normalized spacial score (nSPS) is 20.5. The van der Waals surface area contributed by atoms with Gasteiger partial charge in [-0.25, -0.2) is 0 Å². The Bertz CT molecular complexity index is 417. The van der Waals surface area contributed by atoms with Crippen LogP contribution in [0, 0.1) is 0 Å². The minimum absolute atomic E-state index is 0.253. The Kier molecular flexibility index (Phi) is 3.07. The third-order valence-electron chi connectivity index (χ3n) is 2.39. The van der Waals surface area contributed by atoms with Crippen LogP contribution in [-0.2, 0) is 4.79 Å². The molecule has 1 aliphatic heterocycles. The van der Waals surface area contributed by atoms with Gasteiger partial charge in [-0.3, -0.25) is 4.79 Å². The highest BCUT2D eigenvalue weighted by Gasteiger charge is 2.15. The van der Waals surface area contributed by atoms with Gasteiger partial charge in [-0.05, 0) is 18.6 Å². The maximum absolute atomic E-state index is 10.7. The van der Waals surface area contributed by atoms with E-state index in [0.29, 0.717) is 0 Å². The molecule has 0 spiro atoms. The maximum Gasteiger partial charge on any atom is 0.147 e. The van der Waals surface area contributed by atoms with Gasteiger partial charge in [0.2, 0.25) is 0 Å². The van der Waals surface area contributed by atoms with E-state index in [-0.39, 0.29) is 5.25 Å². The summed E-state index contributed by atoms with van der Waals surface area (Å²) < 4.78 is 0. The van der Waals surface area contributed by atoms with Crippen molar-refractivity contribution in [1.29, 1.82) is 0 Å². The molecule has 1 nitrogen and oxygen atoms in total. The van der Waals surface area contributed by atoms with Gasteiger partial charge in [-0.2, -0.15) is 0 Å². The van der Waals surface area contributed by atoms with Gasteiger partial charge < -0.3 is 0 Å². The molecule has 0 fully saturated rings. The van der Waals surface area contributed by atoms with Crippen LogP contribution in [0.15, 0.2) is 48.1 Å². The van der Waals surface area contributed by atoms with Gasteiger partial charge in [0.25, 0.3) is 0 Å². The summed E-state index contributed by atoms with van der Waals surface area (Å²) in [4.78, 5) is 11.9. The standard InChI is InChI=1S/C13H12OS/c1-10-12(9-14)7-8-13(15-10)11-5-3-2-4-6-11/h2-10H,1H3. The third-order valence-corrected chi connectivity index (χ3v) is 3.65. The second-order valence-electron chi connectivity index (χ2n) is 3.44. The lowest BCUT2D eigenvalue weighted by molar-refractivity contribution is -0.104. The van der Waals surface area contributed by atoms with Gasteiger partial charge in [-0.15, -0.1) is 11.8 Å². The average molecular weight is 216 g/mol. The fourth-order valence-corrected chi connectivity index (χ4v) is 2.58. The maximum atomic E-state index is 10.7. The Balaban J connectivity index is 2.31. The van der Waals surface area contributed by atoms with E-state index in [1.165, 1.54) is 10.5 Å². The minimum atomic E-state index is 0.253. The number of rotatable bonds is 2. The summed E-state index contributed by atoms with van der Waals surface area (Å²) in [6.45, 7) is 2.06. The lowest BCUT2D eigenvalue weighted by Crippen LogP contribution is -2.05. The number of carbonyl (C=O) groups excluding carboxylic acids is 1. The van der Waals surface area contributed by atoms with E-state index in [0.717, 1.165) is 11.9 Å². The zero-order valence-corrected chi connectivity index (χ0v) is 9.33. The van der Waals surface area contributed by atoms with E-state index in [1.54, 1.807) is 11.8 Å². The predicted octanol–water partition coefficient (Wildman–Crippen LogP) is 3.29. The van der Waals surface area contributed by atoms with Crippen molar-refractivity contribution in [3.8, 4) is 0 Å². The minimum Gasteiger partial charge on any atom is -0.298 e. The molecule has 1 aromatic rings. The van der Waals surface area contributed by atoms with Gasteiger partial charge >= 0.3 is 0 Å². The van der Waals surface area contributed by atoms with Crippen molar-refractivity contribution in [2.24, 2.45) is 0 Å². The molecule has 2 heteroatoms. The largest absolute Gasteiger partial charge is 0.298 e. The lowest BCUT2D eigenvalue weighted by atomic mass is 10.1. The summed E-state index contributed by atoms with van der Waals surface area (Å²) in [7, 11) is 0. The van der Waals surface area contributed by atoms with Crippen molar-refractivity contribution >= 4 is 23.0 Å². The van der Waals surface area contributed by atoms with Crippen LogP contribution in [0.3, 0.4) is 0 Å². The second-order valence-corrected chi connectivity index (χ2v) is 4.82. The first kappa shape index (κ1) is 10.2. The predicted molar refractivity (Wildman–Crippen MR) is 65.6 cm³/mol. The summed E-state index contributed by atoms with van der Waals surface area (Å²) in [5.41, 5.74) is 2.08. The molecule has 0 aliphatic carbocycles. The average Bonchev–Trinajstić information content (AvgIpc) is 2.30.